The number of nitrogens with zero attached hydrogens (tertiary/aromatic N) is 4. The number of hydrogen-bond donors (Lipinski definition) is 0. The standard InChI is InChI=1S/C16H14N4/c1-11-3-5-15-13(7-11)9-19(17-15)20-10-14-8-12(2)4-6-16(14)18-20/h3-10H,1-2H3. The summed E-state index contributed by atoms with van der Waals surface area (Å²) in [6.45, 7) is 4.17. The Morgan fingerprint density at radius 3 is 1.60 bits per heavy atom. The van der Waals surface area contributed by atoms with Crippen molar-refractivity contribution in [1.82, 2.24) is 19.8 Å². The van der Waals surface area contributed by atoms with Crippen molar-refractivity contribution in [2.45, 2.75) is 13.8 Å². The fraction of sp³-hybridized carbons (Fsp3) is 0.125. The smallest absolute Gasteiger partial charge is 0.0945 e. The summed E-state index contributed by atoms with van der Waals surface area (Å²) < 4.78 is 0. The number of aromatic nitrogens is 4. The largest absolute Gasteiger partial charge is 0.158 e. The molecule has 0 aliphatic carbocycles. The molecule has 0 N–H and O–H groups in total. The summed E-state index contributed by atoms with van der Waals surface area (Å²) in [5.74, 6) is 0. The van der Waals surface area contributed by atoms with Crippen LogP contribution < -0.4 is 0 Å². The zero-order valence-electron chi connectivity index (χ0n) is 11.4. The van der Waals surface area contributed by atoms with Crippen LogP contribution in [0.5, 0.6) is 0 Å². The first-order chi connectivity index (χ1) is 9.69. The molecule has 4 rings (SSSR count). The maximum absolute atomic E-state index is 4.56. The molecule has 0 saturated heterocycles. The number of hydrogen-bond acceptors (Lipinski definition) is 2. The van der Waals surface area contributed by atoms with Gasteiger partial charge in [0.15, 0.2) is 0 Å². The normalized spacial score (nSPS) is 11.5. The van der Waals surface area contributed by atoms with Crippen LogP contribution >= 0.6 is 0 Å². The third-order valence-electron chi connectivity index (χ3n) is 3.51. The maximum Gasteiger partial charge on any atom is 0.0945 e. The molecule has 20 heavy (non-hydrogen) atoms. The molecule has 0 aliphatic heterocycles. The highest BCUT2D eigenvalue weighted by Crippen LogP contribution is 2.17. The molecule has 0 atom stereocenters. The quantitative estimate of drug-likeness (QED) is 0.527. The van der Waals surface area contributed by atoms with Crippen LogP contribution in [0.4, 0.5) is 0 Å². The van der Waals surface area contributed by atoms with Gasteiger partial charge in [-0.25, -0.2) is 0 Å². The summed E-state index contributed by atoms with van der Waals surface area (Å²) in [7, 11) is 0. The second-order valence-electron chi connectivity index (χ2n) is 5.22. The van der Waals surface area contributed by atoms with Crippen molar-refractivity contribution in [3.63, 3.8) is 0 Å². The van der Waals surface area contributed by atoms with Gasteiger partial charge in [-0.2, -0.15) is 19.8 Å². The van der Waals surface area contributed by atoms with Gasteiger partial charge in [-0.1, -0.05) is 23.3 Å². The molecule has 0 aliphatic rings. The van der Waals surface area contributed by atoms with E-state index in [1.807, 2.05) is 24.5 Å². The Morgan fingerprint density at radius 2 is 1.15 bits per heavy atom. The molecule has 0 amide bonds. The van der Waals surface area contributed by atoms with E-state index in [4.69, 9.17) is 0 Å². The topological polar surface area (TPSA) is 35.6 Å². The van der Waals surface area contributed by atoms with Crippen molar-refractivity contribution in [2.24, 2.45) is 0 Å². The summed E-state index contributed by atoms with van der Waals surface area (Å²) in [6.07, 6.45) is 4.00. The molecule has 98 valence electrons. The first-order valence-electron chi connectivity index (χ1n) is 6.62. The van der Waals surface area contributed by atoms with E-state index in [0.29, 0.717) is 0 Å². The maximum atomic E-state index is 4.56. The van der Waals surface area contributed by atoms with E-state index in [9.17, 15) is 0 Å². The monoisotopic (exact) mass is 262 g/mol. The second kappa shape index (κ2) is 3.93. The van der Waals surface area contributed by atoms with Crippen LogP contribution in [0, 0.1) is 13.8 Å². The van der Waals surface area contributed by atoms with Crippen LogP contribution in [-0.4, -0.2) is 19.8 Å². The Kier molecular flexibility index (Phi) is 2.21. The lowest BCUT2D eigenvalue weighted by Crippen LogP contribution is -2.09. The van der Waals surface area contributed by atoms with Crippen molar-refractivity contribution in [1.29, 1.82) is 0 Å². The van der Waals surface area contributed by atoms with Crippen LogP contribution in [0.3, 0.4) is 0 Å². The highest BCUT2D eigenvalue weighted by Gasteiger charge is 2.05. The summed E-state index contributed by atoms with van der Waals surface area (Å²) in [6, 6.07) is 12.5. The summed E-state index contributed by atoms with van der Waals surface area (Å²) in [5.41, 5.74) is 4.43. The lowest BCUT2D eigenvalue weighted by Gasteiger charge is -1.97. The van der Waals surface area contributed by atoms with Crippen LogP contribution in [-0.2, 0) is 0 Å². The van der Waals surface area contributed by atoms with E-state index < -0.39 is 0 Å². The molecule has 0 bridgehead atoms. The van der Waals surface area contributed by atoms with Crippen molar-refractivity contribution in [3.8, 4) is 0 Å². The van der Waals surface area contributed by atoms with Crippen molar-refractivity contribution < 1.29 is 0 Å². The third-order valence-corrected chi connectivity index (χ3v) is 3.51. The average molecular weight is 262 g/mol. The van der Waals surface area contributed by atoms with Gasteiger partial charge in [0, 0.05) is 10.8 Å². The summed E-state index contributed by atoms with van der Waals surface area (Å²) in [5, 5.41) is 11.4. The van der Waals surface area contributed by atoms with Gasteiger partial charge in [0.25, 0.3) is 0 Å². The Balaban J connectivity index is 1.91. The minimum Gasteiger partial charge on any atom is -0.158 e. The number of aryl methyl sites for hydroxylation is 2. The van der Waals surface area contributed by atoms with Crippen LogP contribution in [0.25, 0.3) is 21.8 Å². The molecule has 2 aromatic heterocycles. The first-order valence-corrected chi connectivity index (χ1v) is 6.62. The minimum atomic E-state index is 0.978. The molecule has 0 saturated carbocycles. The number of rotatable bonds is 1. The lowest BCUT2D eigenvalue weighted by atomic mass is 10.2. The van der Waals surface area contributed by atoms with Crippen LogP contribution in [0.2, 0.25) is 0 Å². The van der Waals surface area contributed by atoms with Gasteiger partial charge in [0.2, 0.25) is 0 Å². The molecule has 0 radical (unpaired) electrons. The molecule has 4 nitrogen and oxygen atoms in total. The predicted molar refractivity (Wildman–Crippen MR) is 79.7 cm³/mol. The van der Waals surface area contributed by atoms with Crippen LogP contribution in [0.1, 0.15) is 11.1 Å². The molecule has 2 aromatic carbocycles. The minimum absolute atomic E-state index is 0.978. The Bertz CT molecular complexity index is 852. The van der Waals surface area contributed by atoms with Gasteiger partial charge in [-0.3, -0.25) is 0 Å². The van der Waals surface area contributed by atoms with Gasteiger partial charge in [-0.15, -0.1) is 0 Å². The number of benzene rings is 2. The Labute approximate surface area is 116 Å². The highest BCUT2D eigenvalue weighted by molar-refractivity contribution is 5.80. The molecule has 0 fully saturated rings. The van der Waals surface area contributed by atoms with Gasteiger partial charge >= 0.3 is 0 Å². The molecule has 4 heteroatoms. The van der Waals surface area contributed by atoms with E-state index in [0.717, 1.165) is 21.8 Å². The van der Waals surface area contributed by atoms with E-state index in [1.54, 1.807) is 9.58 Å². The van der Waals surface area contributed by atoms with Gasteiger partial charge in [-0.05, 0) is 38.1 Å². The van der Waals surface area contributed by atoms with Crippen molar-refractivity contribution in [3.05, 3.63) is 59.9 Å². The van der Waals surface area contributed by atoms with Crippen LogP contribution in [0.15, 0.2) is 48.8 Å². The fourth-order valence-electron chi connectivity index (χ4n) is 2.47. The molecule has 4 aromatic rings. The SMILES string of the molecule is Cc1ccc2nn(-n3cc4cc(C)ccc4n3)cc2c1. The highest BCUT2D eigenvalue weighted by atomic mass is 15.7. The van der Waals surface area contributed by atoms with E-state index in [-0.39, 0.29) is 0 Å². The van der Waals surface area contributed by atoms with E-state index in [1.165, 1.54) is 11.1 Å². The lowest BCUT2D eigenvalue weighted by molar-refractivity contribution is 0.517. The predicted octanol–water partition coefficient (Wildman–Crippen LogP) is 3.31. The van der Waals surface area contributed by atoms with Gasteiger partial charge in [0.05, 0.1) is 23.4 Å². The zero-order valence-corrected chi connectivity index (χ0v) is 11.4. The fourth-order valence-corrected chi connectivity index (χ4v) is 2.47. The third kappa shape index (κ3) is 1.69. The average Bonchev–Trinajstić information content (AvgIpc) is 3.00. The molecular weight excluding hydrogens is 248 g/mol. The summed E-state index contributed by atoms with van der Waals surface area (Å²) >= 11 is 0. The van der Waals surface area contributed by atoms with E-state index >= 15 is 0 Å². The van der Waals surface area contributed by atoms with E-state index in [2.05, 4.69) is 48.3 Å². The van der Waals surface area contributed by atoms with Crippen molar-refractivity contribution in [2.75, 3.05) is 0 Å². The molecular formula is C16H14N4. The Morgan fingerprint density at radius 1 is 0.700 bits per heavy atom. The van der Waals surface area contributed by atoms with Crippen molar-refractivity contribution >= 4 is 21.8 Å². The van der Waals surface area contributed by atoms with Gasteiger partial charge in [0.1, 0.15) is 0 Å². The van der Waals surface area contributed by atoms with Gasteiger partial charge < -0.3 is 0 Å². The Hall–Kier alpha value is -2.62. The zero-order chi connectivity index (χ0) is 13.7. The molecule has 2 heterocycles. The second-order valence-corrected chi connectivity index (χ2v) is 5.22. The number of fused-ring (bicyclic) bond motifs is 2. The molecule has 0 unspecified atom stereocenters. The first kappa shape index (κ1) is 11.2. The summed E-state index contributed by atoms with van der Waals surface area (Å²) in [4.78, 5) is 3.55. The molecule has 0 spiro atoms.